The number of amides is 2. The third kappa shape index (κ3) is 5.65. The highest BCUT2D eigenvalue weighted by molar-refractivity contribution is 7.99. The van der Waals surface area contributed by atoms with Crippen LogP contribution in [-0.4, -0.2) is 49.0 Å². The van der Waals surface area contributed by atoms with Crippen LogP contribution in [0.2, 0.25) is 0 Å². The molecule has 1 unspecified atom stereocenters. The number of hydrogen-bond donors (Lipinski definition) is 3. The molecule has 2 amide bonds. The van der Waals surface area contributed by atoms with Crippen molar-refractivity contribution in [2.24, 2.45) is 0 Å². The average Bonchev–Trinajstić information content (AvgIpc) is 2.53. The first-order valence-electron chi connectivity index (χ1n) is 7.27. The summed E-state index contributed by atoms with van der Waals surface area (Å²) >= 11 is 1.85. The molecule has 0 spiro atoms. The Labute approximate surface area is 133 Å². The van der Waals surface area contributed by atoms with Crippen molar-refractivity contribution in [1.29, 1.82) is 0 Å². The van der Waals surface area contributed by atoms with E-state index >= 15 is 0 Å². The second-order valence-electron chi connectivity index (χ2n) is 5.04. The van der Waals surface area contributed by atoms with Crippen molar-refractivity contribution < 1.29 is 14.0 Å². The minimum atomic E-state index is -0.377. The summed E-state index contributed by atoms with van der Waals surface area (Å²) in [6.45, 7) is 1.66. The summed E-state index contributed by atoms with van der Waals surface area (Å²) < 4.78 is 12.8. The first-order valence-corrected chi connectivity index (χ1v) is 8.42. The molecule has 1 fully saturated rings. The van der Waals surface area contributed by atoms with E-state index in [-0.39, 0.29) is 23.7 Å². The fraction of sp³-hybridized carbons (Fsp3) is 0.467. The van der Waals surface area contributed by atoms with Gasteiger partial charge in [0.2, 0.25) is 5.91 Å². The summed E-state index contributed by atoms with van der Waals surface area (Å²) in [5, 5.41) is 8.77. The van der Waals surface area contributed by atoms with Gasteiger partial charge in [-0.05, 0) is 24.3 Å². The van der Waals surface area contributed by atoms with E-state index < -0.39 is 0 Å². The molecule has 1 heterocycles. The zero-order valence-electron chi connectivity index (χ0n) is 12.2. The second-order valence-corrected chi connectivity index (χ2v) is 6.19. The zero-order valence-corrected chi connectivity index (χ0v) is 13.0. The molecule has 22 heavy (non-hydrogen) atoms. The summed E-state index contributed by atoms with van der Waals surface area (Å²) in [7, 11) is 0. The van der Waals surface area contributed by atoms with Crippen LogP contribution in [0.3, 0.4) is 0 Å². The molecule has 1 atom stereocenters. The van der Waals surface area contributed by atoms with Crippen molar-refractivity contribution in [3.63, 3.8) is 0 Å². The van der Waals surface area contributed by atoms with Crippen LogP contribution in [0.25, 0.3) is 0 Å². The molecule has 0 saturated carbocycles. The summed E-state index contributed by atoms with van der Waals surface area (Å²) in [6.07, 6.45) is 0.457. The highest BCUT2D eigenvalue weighted by Gasteiger charge is 2.16. The van der Waals surface area contributed by atoms with Crippen LogP contribution in [0.5, 0.6) is 0 Å². The van der Waals surface area contributed by atoms with E-state index in [2.05, 4.69) is 16.0 Å². The van der Waals surface area contributed by atoms with Crippen molar-refractivity contribution in [3.05, 3.63) is 35.6 Å². The number of thioether (sulfide) groups is 1. The lowest BCUT2D eigenvalue weighted by Gasteiger charge is -2.22. The second kappa shape index (κ2) is 8.75. The number of carbonyl (C=O) groups excluding carboxylic acids is 2. The van der Waals surface area contributed by atoms with Crippen LogP contribution in [0.1, 0.15) is 16.8 Å². The van der Waals surface area contributed by atoms with Crippen molar-refractivity contribution in [2.75, 3.05) is 31.1 Å². The van der Waals surface area contributed by atoms with Gasteiger partial charge in [-0.2, -0.15) is 11.8 Å². The smallest absolute Gasteiger partial charge is 0.251 e. The Bertz CT molecular complexity index is 504. The topological polar surface area (TPSA) is 70.2 Å². The molecular weight excluding hydrogens is 305 g/mol. The highest BCUT2D eigenvalue weighted by Crippen LogP contribution is 2.09. The van der Waals surface area contributed by atoms with Gasteiger partial charge in [0.1, 0.15) is 5.82 Å². The quantitative estimate of drug-likeness (QED) is 0.676. The summed E-state index contributed by atoms with van der Waals surface area (Å²) in [5.74, 6) is 1.37. The van der Waals surface area contributed by atoms with Gasteiger partial charge < -0.3 is 16.0 Å². The van der Waals surface area contributed by atoms with E-state index in [0.717, 1.165) is 18.1 Å². The Morgan fingerprint density at radius 2 is 1.95 bits per heavy atom. The van der Waals surface area contributed by atoms with Gasteiger partial charge in [0.15, 0.2) is 0 Å². The minimum absolute atomic E-state index is 0.0176. The van der Waals surface area contributed by atoms with Crippen molar-refractivity contribution >= 4 is 23.6 Å². The molecule has 120 valence electrons. The Morgan fingerprint density at radius 3 is 2.64 bits per heavy atom. The maximum atomic E-state index is 12.8. The lowest BCUT2D eigenvalue weighted by atomic mass is 10.2. The molecule has 1 saturated heterocycles. The summed E-state index contributed by atoms with van der Waals surface area (Å²) in [6, 6.07) is 5.57. The maximum Gasteiger partial charge on any atom is 0.251 e. The number of benzene rings is 1. The third-order valence-electron chi connectivity index (χ3n) is 3.27. The van der Waals surface area contributed by atoms with Crippen LogP contribution in [0, 0.1) is 5.82 Å². The number of nitrogens with one attached hydrogen (secondary N) is 3. The maximum absolute atomic E-state index is 12.8. The van der Waals surface area contributed by atoms with Crippen LogP contribution in [0.4, 0.5) is 4.39 Å². The Balaban J connectivity index is 1.61. The monoisotopic (exact) mass is 325 g/mol. The van der Waals surface area contributed by atoms with Crippen molar-refractivity contribution in [1.82, 2.24) is 16.0 Å². The van der Waals surface area contributed by atoms with Gasteiger partial charge in [0, 0.05) is 49.2 Å². The SMILES string of the molecule is O=C(CC1CSCCN1)NCCNC(=O)c1ccc(F)cc1. The predicted molar refractivity (Wildman–Crippen MR) is 85.5 cm³/mol. The molecule has 0 aromatic heterocycles. The molecule has 0 radical (unpaired) electrons. The lowest BCUT2D eigenvalue weighted by molar-refractivity contribution is -0.121. The molecule has 1 aromatic carbocycles. The number of halogens is 1. The van der Waals surface area contributed by atoms with E-state index in [0.29, 0.717) is 25.1 Å². The fourth-order valence-corrected chi connectivity index (χ4v) is 3.08. The molecule has 1 aliphatic rings. The lowest BCUT2D eigenvalue weighted by Crippen LogP contribution is -2.42. The fourth-order valence-electron chi connectivity index (χ4n) is 2.13. The van der Waals surface area contributed by atoms with E-state index in [9.17, 15) is 14.0 Å². The van der Waals surface area contributed by atoms with Gasteiger partial charge in [0.05, 0.1) is 0 Å². The molecular formula is C15H20FN3O2S. The molecule has 1 aromatic rings. The van der Waals surface area contributed by atoms with E-state index in [1.165, 1.54) is 24.3 Å². The van der Waals surface area contributed by atoms with Gasteiger partial charge in [-0.15, -0.1) is 0 Å². The Morgan fingerprint density at radius 1 is 1.23 bits per heavy atom. The predicted octanol–water partition coefficient (Wildman–Crippen LogP) is 0.767. The van der Waals surface area contributed by atoms with Gasteiger partial charge in [-0.3, -0.25) is 9.59 Å². The van der Waals surface area contributed by atoms with Crippen LogP contribution < -0.4 is 16.0 Å². The van der Waals surface area contributed by atoms with Gasteiger partial charge in [-0.1, -0.05) is 0 Å². The largest absolute Gasteiger partial charge is 0.354 e. The molecule has 5 nitrogen and oxygen atoms in total. The normalized spacial score (nSPS) is 17.8. The molecule has 7 heteroatoms. The molecule has 0 aliphatic carbocycles. The van der Waals surface area contributed by atoms with Gasteiger partial charge in [0.25, 0.3) is 5.91 Å². The van der Waals surface area contributed by atoms with E-state index in [1.807, 2.05) is 11.8 Å². The van der Waals surface area contributed by atoms with Gasteiger partial charge >= 0.3 is 0 Å². The Kier molecular flexibility index (Phi) is 6.67. The molecule has 1 aliphatic heterocycles. The van der Waals surface area contributed by atoms with E-state index in [1.54, 1.807) is 0 Å². The molecule has 0 bridgehead atoms. The minimum Gasteiger partial charge on any atom is -0.354 e. The van der Waals surface area contributed by atoms with Crippen molar-refractivity contribution in [2.45, 2.75) is 12.5 Å². The first-order chi connectivity index (χ1) is 10.6. The summed E-state index contributed by atoms with van der Waals surface area (Å²) in [5.41, 5.74) is 0.399. The van der Waals surface area contributed by atoms with Crippen molar-refractivity contribution in [3.8, 4) is 0 Å². The molecule has 2 rings (SSSR count). The highest BCUT2D eigenvalue weighted by atomic mass is 32.2. The first kappa shape index (κ1) is 16.8. The number of carbonyl (C=O) groups is 2. The van der Waals surface area contributed by atoms with E-state index in [4.69, 9.17) is 0 Å². The zero-order chi connectivity index (χ0) is 15.8. The number of hydrogen-bond acceptors (Lipinski definition) is 4. The third-order valence-corrected chi connectivity index (χ3v) is 4.40. The Hall–Kier alpha value is -1.60. The van der Waals surface area contributed by atoms with Gasteiger partial charge in [-0.25, -0.2) is 4.39 Å². The standard InChI is InChI=1S/C15H20FN3O2S/c16-12-3-1-11(2-4-12)15(21)19-6-5-18-14(20)9-13-10-22-8-7-17-13/h1-4,13,17H,5-10H2,(H,18,20)(H,19,21). The number of rotatable bonds is 6. The summed E-state index contributed by atoms with van der Waals surface area (Å²) in [4.78, 5) is 23.5. The molecule has 3 N–H and O–H groups in total. The van der Waals surface area contributed by atoms with Crippen LogP contribution >= 0.6 is 11.8 Å². The average molecular weight is 325 g/mol. The van der Waals surface area contributed by atoms with Crippen LogP contribution in [0.15, 0.2) is 24.3 Å². The van der Waals surface area contributed by atoms with Crippen LogP contribution in [-0.2, 0) is 4.79 Å².